The van der Waals surface area contributed by atoms with E-state index in [2.05, 4.69) is 28.9 Å². The molecule has 0 radical (unpaired) electrons. The fourth-order valence-electron chi connectivity index (χ4n) is 2.42. The first-order valence-electron chi connectivity index (χ1n) is 7.99. The Balaban J connectivity index is 0.00000264. The molecule has 0 saturated carbocycles. The van der Waals surface area contributed by atoms with Crippen LogP contribution < -0.4 is 5.32 Å². The molecule has 1 aliphatic rings. The van der Waals surface area contributed by atoms with Crippen molar-refractivity contribution in [2.45, 2.75) is 25.0 Å². The van der Waals surface area contributed by atoms with Crippen molar-refractivity contribution >= 4 is 41.7 Å². The van der Waals surface area contributed by atoms with Gasteiger partial charge in [0.2, 0.25) is 0 Å². The first-order chi connectivity index (χ1) is 10.8. The van der Waals surface area contributed by atoms with Crippen molar-refractivity contribution < 1.29 is 9.15 Å². The predicted molar refractivity (Wildman–Crippen MR) is 108 cm³/mol. The second kappa shape index (κ2) is 12.0. The monoisotopic (exact) mass is 453 g/mol. The Kier molecular flexibility index (Phi) is 10.8. The maximum Gasteiger partial charge on any atom is 0.194 e. The predicted octanol–water partition coefficient (Wildman–Crippen LogP) is 2.86. The molecule has 2 heterocycles. The number of nitrogens with one attached hydrogen (secondary N) is 1. The fraction of sp³-hybridized carbons (Fsp3) is 0.688. The minimum absolute atomic E-state index is 0. The molecule has 1 aliphatic heterocycles. The lowest BCUT2D eigenvalue weighted by molar-refractivity contribution is 0.207. The van der Waals surface area contributed by atoms with E-state index in [-0.39, 0.29) is 24.0 Å². The van der Waals surface area contributed by atoms with E-state index in [1.807, 2.05) is 12.1 Å². The van der Waals surface area contributed by atoms with Crippen molar-refractivity contribution in [2.24, 2.45) is 4.99 Å². The molecule has 1 aromatic rings. The minimum Gasteiger partial charge on any atom is -0.469 e. The van der Waals surface area contributed by atoms with Gasteiger partial charge in [0, 0.05) is 44.2 Å². The van der Waals surface area contributed by atoms with Gasteiger partial charge >= 0.3 is 0 Å². The minimum atomic E-state index is 0. The second-order valence-corrected chi connectivity index (χ2v) is 6.71. The number of rotatable bonds is 7. The fourth-order valence-corrected chi connectivity index (χ4v) is 3.60. The number of ether oxygens (including phenoxy) is 1. The second-order valence-electron chi connectivity index (χ2n) is 5.30. The number of guanidine groups is 1. The third kappa shape index (κ3) is 7.34. The standard InChI is InChI=1S/C16H27N3O2S.HI/c1-3-15-13-19(9-12-22-15)16(18-8-11-20-2)17-7-6-14-5-4-10-21-14;/h4-5,10,15H,3,6-9,11-13H2,1-2H3,(H,17,18);1H. The largest absolute Gasteiger partial charge is 0.469 e. The molecular weight excluding hydrogens is 425 g/mol. The molecule has 1 unspecified atom stereocenters. The highest BCUT2D eigenvalue weighted by Gasteiger charge is 2.21. The van der Waals surface area contributed by atoms with Crippen molar-refractivity contribution in [3.8, 4) is 0 Å². The van der Waals surface area contributed by atoms with Crippen molar-refractivity contribution in [1.82, 2.24) is 10.2 Å². The average molecular weight is 453 g/mol. The highest BCUT2D eigenvalue weighted by atomic mass is 127. The Hall–Kier alpha value is -0.410. The quantitative estimate of drug-likeness (QED) is 0.298. The Morgan fingerprint density at radius 3 is 3.13 bits per heavy atom. The van der Waals surface area contributed by atoms with Gasteiger partial charge in [0.25, 0.3) is 0 Å². The van der Waals surface area contributed by atoms with Gasteiger partial charge in [-0.25, -0.2) is 0 Å². The number of furan rings is 1. The van der Waals surface area contributed by atoms with Gasteiger partial charge in [0.1, 0.15) is 5.76 Å². The van der Waals surface area contributed by atoms with Gasteiger partial charge in [-0.1, -0.05) is 6.92 Å². The summed E-state index contributed by atoms with van der Waals surface area (Å²) in [5.74, 6) is 3.17. The molecule has 2 rings (SSSR count). The number of methoxy groups -OCH3 is 1. The summed E-state index contributed by atoms with van der Waals surface area (Å²) in [6.45, 7) is 6.57. The highest BCUT2D eigenvalue weighted by Crippen LogP contribution is 2.21. The average Bonchev–Trinajstić information content (AvgIpc) is 3.07. The van der Waals surface area contributed by atoms with E-state index in [4.69, 9.17) is 14.1 Å². The van der Waals surface area contributed by atoms with E-state index in [0.717, 1.165) is 37.8 Å². The molecule has 1 fully saturated rings. The van der Waals surface area contributed by atoms with E-state index < -0.39 is 0 Å². The Morgan fingerprint density at radius 2 is 2.43 bits per heavy atom. The zero-order chi connectivity index (χ0) is 15.6. The molecule has 0 amide bonds. The number of aliphatic imine (C=N–C) groups is 1. The summed E-state index contributed by atoms with van der Waals surface area (Å²) in [4.78, 5) is 7.07. The zero-order valence-corrected chi connectivity index (χ0v) is 17.1. The highest BCUT2D eigenvalue weighted by molar-refractivity contribution is 14.0. The molecule has 1 N–H and O–H groups in total. The summed E-state index contributed by atoms with van der Waals surface area (Å²) in [6.07, 6.45) is 3.80. The van der Waals surface area contributed by atoms with Gasteiger partial charge in [-0.3, -0.25) is 4.99 Å². The maximum atomic E-state index is 5.38. The molecule has 0 bridgehead atoms. The van der Waals surface area contributed by atoms with Crippen LogP contribution in [0.15, 0.2) is 27.8 Å². The molecule has 1 atom stereocenters. The maximum absolute atomic E-state index is 5.38. The summed E-state index contributed by atoms with van der Waals surface area (Å²) in [7, 11) is 1.71. The Morgan fingerprint density at radius 1 is 1.57 bits per heavy atom. The molecule has 23 heavy (non-hydrogen) atoms. The first kappa shape index (κ1) is 20.6. The summed E-state index contributed by atoms with van der Waals surface area (Å²) in [5, 5.41) is 4.18. The van der Waals surface area contributed by atoms with Crippen LogP contribution >= 0.6 is 35.7 Å². The van der Waals surface area contributed by atoms with Gasteiger partial charge in [-0.05, 0) is 18.6 Å². The van der Waals surface area contributed by atoms with E-state index in [0.29, 0.717) is 18.4 Å². The van der Waals surface area contributed by atoms with Gasteiger partial charge in [0.05, 0.1) is 19.4 Å². The lowest BCUT2D eigenvalue weighted by Gasteiger charge is -2.34. The van der Waals surface area contributed by atoms with E-state index in [1.54, 1.807) is 13.4 Å². The first-order valence-corrected chi connectivity index (χ1v) is 9.04. The molecule has 5 nitrogen and oxygen atoms in total. The van der Waals surface area contributed by atoms with Crippen LogP contribution in [0.1, 0.15) is 19.1 Å². The number of nitrogens with zero attached hydrogens (tertiary/aromatic N) is 2. The Bertz CT molecular complexity index is 443. The van der Waals surface area contributed by atoms with Crippen LogP contribution in [0.4, 0.5) is 0 Å². The SMILES string of the molecule is CCC1CN(C(=NCCOC)NCCc2ccco2)CCS1.I. The molecule has 0 aromatic carbocycles. The lowest BCUT2D eigenvalue weighted by Crippen LogP contribution is -2.48. The van der Waals surface area contributed by atoms with Crippen LogP contribution in [-0.4, -0.2) is 61.8 Å². The van der Waals surface area contributed by atoms with Crippen molar-refractivity contribution in [1.29, 1.82) is 0 Å². The zero-order valence-electron chi connectivity index (χ0n) is 14.0. The topological polar surface area (TPSA) is 50.0 Å². The Labute approximate surface area is 160 Å². The molecule has 132 valence electrons. The van der Waals surface area contributed by atoms with E-state index in [1.165, 1.54) is 12.2 Å². The molecule has 7 heteroatoms. The summed E-state index contributed by atoms with van der Waals surface area (Å²) < 4.78 is 10.5. The summed E-state index contributed by atoms with van der Waals surface area (Å²) in [5.41, 5.74) is 0. The number of hydrogen-bond acceptors (Lipinski definition) is 4. The summed E-state index contributed by atoms with van der Waals surface area (Å²) >= 11 is 2.07. The third-order valence-corrected chi connectivity index (χ3v) is 5.06. The number of thioether (sulfide) groups is 1. The van der Waals surface area contributed by atoms with Crippen molar-refractivity contribution in [3.05, 3.63) is 24.2 Å². The number of hydrogen-bond donors (Lipinski definition) is 1. The molecule has 0 aliphatic carbocycles. The number of halogens is 1. The molecule has 1 aromatic heterocycles. The van der Waals surface area contributed by atoms with Gasteiger partial charge < -0.3 is 19.4 Å². The van der Waals surface area contributed by atoms with Crippen molar-refractivity contribution in [2.75, 3.05) is 45.6 Å². The van der Waals surface area contributed by atoms with Crippen LogP contribution in [0.2, 0.25) is 0 Å². The van der Waals surface area contributed by atoms with E-state index in [9.17, 15) is 0 Å². The third-order valence-electron chi connectivity index (χ3n) is 3.69. The molecular formula is C16H28IN3O2S. The van der Waals surface area contributed by atoms with Crippen LogP contribution in [0.25, 0.3) is 0 Å². The van der Waals surface area contributed by atoms with Crippen molar-refractivity contribution in [3.63, 3.8) is 0 Å². The van der Waals surface area contributed by atoms with Crippen LogP contribution in [0, 0.1) is 0 Å². The van der Waals surface area contributed by atoms with Crippen LogP contribution in [-0.2, 0) is 11.2 Å². The lowest BCUT2D eigenvalue weighted by atomic mass is 10.3. The molecule has 0 spiro atoms. The normalized spacial score (nSPS) is 18.6. The van der Waals surface area contributed by atoms with Gasteiger partial charge in [-0.2, -0.15) is 11.8 Å². The summed E-state index contributed by atoms with van der Waals surface area (Å²) in [6, 6.07) is 3.94. The molecule has 1 saturated heterocycles. The van der Waals surface area contributed by atoms with Crippen LogP contribution in [0.3, 0.4) is 0 Å². The van der Waals surface area contributed by atoms with Gasteiger partial charge in [-0.15, -0.1) is 24.0 Å². The van der Waals surface area contributed by atoms with E-state index >= 15 is 0 Å². The van der Waals surface area contributed by atoms with Crippen LogP contribution in [0.5, 0.6) is 0 Å². The smallest absolute Gasteiger partial charge is 0.194 e. The van der Waals surface area contributed by atoms with Gasteiger partial charge in [0.15, 0.2) is 5.96 Å².